The summed E-state index contributed by atoms with van der Waals surface area (Å²) in [6.45, 7) is 13.6. The van der Waals surface area contributed by atoms with E-state index in [0.29, 0.717) is 30.2 Å². The van der Waals surface area contributed by atoms with Crippen molar-refractivity contribution in [1.29, 1.82) is 0 Å². The zero-order valence-corrected chi connectivity index (χ0v) is 28.5. The van der Waals surface area contributed by atoms with Gasteiger partial charge in [0.15, 0.2) is 11.4 Å². The number of hydrogen-bond acceptors (Lipinski definition) is 7. The largest absolute Gasteiger partial charge is 0.476 e. The zero-order chi connectivity index (χ0) is 32.9. The van der Waals surface area contributed by atoms with Crippen molar-refractivity contribution in [1.82, 2.24) is 4.90 Å². The van der Waals surface area contributed by atoms with Gasteiger partial charge in [0.25, 0.3) is 0 Å². The average Bonchev–Trinajstić information content (AvgIpc) is 3.42. The Balaban J connectivity index is 1.50. The van der Waals surface area contributed by atoms with Gasteiger partial charge in [0.2, 0.25) is 0 Å². The van der Waals surface area contributed by atoms with E-state index in [1.54, 1.807) is 42.6 Å². The molecule has 0 saturated carbocycles. The predicted molar refractivity (Wildman–Crippen MR) is 178 cm³/mol. The average molecular weight is 632 g/mol. The molecule has 0 bridgehead atoms. The summed E-state index contributed by atoms with van der Waals surface area (Å²) in [4.78, 5) is 42.5. The van der Waals surface area contributed by atoms with Crippen LogP contribution in [0.5, 0.6) is 11.5 Å². The maximum atomic E-state index is 13.8. The van der Waals surface area contributed by atoms with Gasteiger partial charge in [-0.15, -0.1) is 11.8 Å². The number of rotatable bonds is 10. The molecule has 8 heteroatoms. The normalized spacial score (nSPS) is 16.8. The van der Waals surface area contributed by atoms with Crippen LogP contribution in [0.2, 0.25) is 0 Å². The first-order valence-corrected chi connectivity index (χ1v) is 16.6. The van der Waals surface area contributed by atoms with E-state index in [9.17, 15) is 14.4 Å². The lowest BCUT2D eigenvalue weighted by Gasteiger charge is -2.30. The van der Waals surface area contributed by atoms with E-state index < -0.39 is 23.3 Å². The number of thioether (sulfide) groups is 1. The Kier molecular flexibility index (Phi) is 10.7. The van der Waals surface area contributed by atoms with Crippen molar-refractivity contribution in [3.8, 4) is 11.5 Å². The Morgan fingerprint density at radius 2 is 1.51 bits per heavy atom. The lowest BCUT2D eigenvalue weighted by atomic mass is 9.84. The molecule has 0 aliphatic carbocycles. The molecule has 1 saturated heterocycles. The molecule has 4 rings (SSSR count). The molecule has 2 atom stereocenters. The highest BCUT2D eigenvalue weighted by molar-refractivity contribution is 7.98. The van der Waals surface area contributed by atoms with E-state index in [2.05, 4.69) is 12.1 Å². The number of Topliss-reactive ketones (excluding diaryl/α,β-unsaturated/α-hetero) is 1. The SMILES string of the molecule is CSc1ccc(C(=O)C2CN(C(=O)Oc3ccccc3)CC2CCc2cc(C)c(OC(C)(C)C(=O)OC(C)(C)C)c(C)c2)cc1. The van der Waals surface area contributed by atoms with E-state index in [1.807, 2.05) is 83.3 Å². The third-order valence-corrected chi connectivity index (χ3v) is 8.67. The van der Waals surface area contributed by atoms with Crippen molar-refractivity contribution in [3.05, 3.63) is 89.0 Å². The van der Waals surface area contributed by atoms with Gasteiger partial charge >= 0.3 is 12.1 Å². The van der Waals surface area contributed by atoms with Crippen molar-refractivity contribution in [2.75, 3.05) is 19.3 Å². The fourth-order valence-electron chi connectivity index (χ4n) is 5.63. The monoisotopic (exact) mass is 631 g/mol. The highest BCUT2D eigenvalue weighted by Crippen LogP contribution is 2.34. The van der Waals surface area contributed by atoms with Gasteiger partial charge in [0.05, 0.1) is 0 Å². The van der Waals surface area contributed by atoms with Crippen molar-refractivity contribution in [2.45, 2.75) is 77.4 Å². The Morgan fingerprint density at radius 1 is 0.889 bits per heavy atom. The minimum absolute atomic E-state index is 0.0382. The summed E-state index contributed by atoms with van der Waals surface area (Å²) in [5, 5.41) is 0. The van der Waals surface area contributed by atoms with Crippen molar-refractivity contribution >= 4 is 29.6 Å². The van der Waals surface area contributed by atoms with Gasteiger partial charge < -0.3 is 19.1 Å². The number of esters is 1. The Labute approximate surface area is 271 Å². The van der Waals surface area contributed by atoms with Crippen LogP contribution < -0.4 is 9.47 Å². The van der Waals surface area contributed by atoms with Gasteiger partial charge in [-0.3, -0.25) is 4.79 Å². The van der Waals surface area contributed by atoms with Crippen LogP contribution in [0.1, 0.15) is 68.1 Å². The summed E-state index contributed by atoms with van der Waals surface area (Å²) < 4.78 is 17.4. The van der Waals surface area contributed by atoms with Crippen molar-refractivity contribution < 1.29 is 28.6 Å². The molecule has 0 N–H and O–H groups in total. The molecule has 1 aliphatic heterocycles. The van der Waals surface area contributed by atoms with E-state index in [4.69, 9.17) is 14.2 Å². The maximum absolute atomic E-state index is 13.8. The molecular formula is C37H45NO6S. The van der Waals surface area contributed by atoms with Crippen LogP contribution in [-0.2, 0) is 16.0 Å². The van der Waals surface area contributed by atoms with Gasteiger partial charge in [0.1, 0.15) is 17.1 Å². The molecule has 2 unspecified atom stereocenters. The molecule has 1 amide bonds. The van der Waals surface area contributed by atoms with Crippen molar-refractivity contribution in [2.24, 2.45) is 11.8 Å². The molecule has 3 aromatic rings. The number of benzene rings is 3. The Morgan fingerprint density at radius 3 is 2.09 bits per heavy atom. The van der Waals surface area contributed by atoms with Crippen LogP contribution in [0.15, 0.2) is 71.6 Å². The van der Waals surface area contributed by atoms with E-state index in [1.165, 1.54) is 0 Å². The molecular weight excluding hydrogens is 586 g/mol. The standard InChI is InChI=1S/C37H45NO6S/c1-24-20-26(21-25(2)33(24)43-37(6,7)34(40)44-36(3,4)5)14-15-28-22-38(35(41)42-29-12-10-9-11-13-29)23-31(28)32(39)27-16-18-30(45-8)19-17-27/h9-13,16-21,28,31H,14-15,22-23H2,1-8H3. The molecule has 0 spiro atoms. The quantitative estimate of drug-likeness (QED) is 0.127. The molecule has 0 radical (unpaired) electrons. The number of aryl methyl sites for hydroxylation is 3. The topological polar surface area (TPSA) is 82.1 Å². The van der Waals surface area contributed by atoms with Crippen LogP contribution in [-0.4, -0.2) is 53.3 Å². The number of para-hydroxylation sites is 1. The van der Waals surface area contributed by atoms with Gasteiger partial charge in [-0.25, -0.2) is 9.59 Å². The second kappa shape index (κ2) is 14.1. The molecule has 1 heterocycles. The minimum atomic E-state index is -1.16. The van der Waals surface area contributed by atoms with Crippen molar-refractivity contribution in [3.63, 3.8) is 0 Å². The highest BCUT2D eigenvalue weighted by atomic mass is 32.2. The van der Waals surface area contributed by atoms with Crippen LogP contribution in [0.25, 0.3) is 0 Å². The van der Waals surface area contributed by atoms with Crippen LogP contribution in [0.3, 0.4) is 0 Å². The number of carbonyl (C=O) groups excluding carboxylic acids is 3. The van der Waals surface area contributed by atoms with E-state index in [0.717, 1.165) is 34.4 Å². The molecule has 1 fully saturated rings. The first kappa shape index (κ1) is 34.1. The van der Waals surface area contributed by atoms with Gasteiger partial charge in [0, 0.05) is 29.5 Å². The van der Waals surface area contributed by atoms with Crippen LogP contribution in [0.4, 0.5) is 4.79 Å². The predicted octanol–water partition coefficient (Wildman–Crippen LogP) is 8.09. The third kappa shape index (κ3) is 8.91. The Hall–Kier alpha value is -3.78. The molecule has 1 aliphatic rings. The van der Waals surface area contributed by atoms with Crippen LogP contribution >= 0.6 is 11.8 Å². The lowest BCUT2D eigenvalue weighted by Crippen LogP contribution is -2.43. The number of amides is 1. The highest BCUT2D eigenvalue weighted by Gasteiger charge is 2.40. The first-order valence-electron chi connectivity index (χ1n) is 15.4. The molecule has 240 valence electrons. The number of carbonyl (C=O) groups is 3. The fraction of sp³-hybridized carbons (Fsp3) is 0.432. The fourth-order valence-corrected chi connectivity index (χ4v) is 6.04. The number of likely N-dealkylation sites (tertiary alicyclic amines) is 1. The van der Waals surface area contributed by atoms with E-state index in [-0.39, 0.29) is 17.6 Å². The summed E-state index contributed by atoms with van der Waals surface area (Å²) in [5.74, 6) is 0.379. The summed E-state index contributed by atoms with van der Waals surface area (Å²) in [5.41, 5.74) is 1.82. The Bertz CT molecular complexity index is 1490. The third-order valence-electron chi connectivity index (χ3n) is 7.93. The number of nitrogens with zero attached hydrogens (tertiary/aromatic N) is 1. The number of ketones is 1. The maximum Gasteiger partial charge on any atom is 0.415 e. The number of hydrogen-bond donors (Lipinski definition) is 0. The van der Waals surface area contributed by atoms with Crippen LogP contribution in [0, 0.1) is 25.7 Å². The minimum Gasteiger partial charge on any atom is -0.476 e. The van der Waals surface area contributed by atoms with E-state index >= 15 is 0 Å². The smallest absolute Gasteiger partial charge is 0.415 e. The summed E-state index contributed by atoms with van der Waals surface area (Å²) in [6.07, 6.45) is 3.00. The molecule has 7 nitrogen and oxygen atoms in total. The molecule has 0 aromatic heterocycles. The second-order valence-electron chi connectivity index (χ2n) is 13.3. The summed E-state index contributed by atoms with van der Waals surface area (Å²) >= 11 is 1.63. The molecule has 45 heavy (non-hydrogen) atoms. The number of ether oxygens (including phenoxy) is 3. The lowest BCUT2D eigenvalue weighted by molar-refractivity contribution is -0.171. The summed E-state index contributed by atoms with van der Waals surface area (Å²) in [7, 11) is 0. The second-order valence-corrected chi connectivity index (χ2v) is 14.1. The van der Waals surface area contributed by atoms with Gasteiger partial charge in [-0.05, 0) is 114 Å². The summed E-state index contributed by atoms with van der Waals surface area (Å²) in [6, 6.07) is 20.8. The molecule has 3 aromatic carbocycles. The van der Waals surface area contributed by atoms with Gasteiger partial charge in [-0.2, -0.15) is 0 Å². The zero-order valence-electron chi connectivity index (χ0n) is 27.6. The van der Waals surface area contributed by atoms with Gasteiger partial charge in [-0.1, -0.05) is 42.5 Å². The first-order chi connectivity index (χ1) is 21.2.